The van der Waals surface area contributed by atoms with Crippen LogP contribution in [0.15, 0.2) is 0 Å². The molecule has 15 nitrogen and oxygen atoms in total. The van der Waals surface area contributed by atoms with Crippen LogP contribution in [-0.2, 0) is 23.7 Å². The molecule has 0 aliphatic carbocycles. The van der Waals surface area contributed by atoms with Crippen LogP contribution >= 0.6 is 0 Å². The Labute approximate surface area is 192 Å². The summed E-state index contributed by atoms with van der Waals surface area (Å²) in [7, 11) is 0. The van der Waals surface area contributed by atoms with Crippen LogP contribution < -0.4 is 0 Å². The number of rotatable bonds is 7. The molecule has 0 aromatic rings. The van der Waals surface area contributed by atoms with Crippen molar-refractivity contribution >= 4 is 0 Å². The van der Waals surface area contributed by atoms with Gasteiger partial charge in [0, 0.05) is 0 Å². The number of halogens is 1. The molecular weight excluding hydrogens is 475 g/mol. The van der Waals surface area contributed by atoms with Crippen LogP contribution in [0.2, 0.25) is 0 Å². The van der Waals surface area contributed by atoms with Gasteiger partial charge in [-0.25, -0.2) is 4.39 Å². The van der Waals surface area contributed by atoms with E-state index in [-0.39, 0.29) is 0 Å². The van der Waals surface area contributed by atoms with Gasteiger partial charge < -0.3 is 74.7 Å². The Balaban J connectivity index is 1.65. The molecule has 0 amide bonds. The van der Waals surface area contributed by atoms with E-state index in [1.54, 1.807) is 0 Å². The maximum absolute atomic E-state index is 14.3. The van der Waals surface area contributed by atoms with E-state index >= 15 is 0 Å². The van der Waals surface area contributed by atoms with E-state index in [2.05, 4.69) is 0 Å². The smallest absolute Gasteiger partial charge is 0.192 e. The van der Waals surface area contributed by atoms with Gasteiger partial charge >= 0.3 is 0 Å². The molecule has 3 aliphatic rings. The molecule has 3 aliphatic heterocycles. The molecule has 0 aromatic heterocycles. The Kier molecular flexibility index (Phi) is 9.51. The summed E-state index contributed by atoms with van der Waals surface area (Å²) in [5.41, 5.74) is 0. The first-order valence-electron chi connectivity index (χ1n) is 10.6. The topological polar surface area (TPSA) is 248 Å². The largest absolute Gasteiger partial charge is 0.394 e. The van der Waals surface area contributed by atoms with E-state index in [0.29, 0.717) is 0 Å². The molecule has 0 saturated carbocycles. The SMILES string of the molecule is OC[C@H]1O[C@H](O[C@@H]2[C@H](O)[C@H](O)O[C@H](CO[C@H]3O[C@H](CO)[C@@H](O)[C@H](O)[C@@H]3F)[C@H]2O)[C@@H](O)[C@@H](O)[C@@H]1O. The number of hydrogen-bond acceptors (Lipinski definition) is 15. The second-order valence-electron chi connectivity index (χ2n) is 8.33. The molecule has 200 valence electrons. The third-order valence-electron chi connectivity index (χ3n) is 6.03. The molecule has 0 bridgehead atoms. The van der Waals surface area contributed by atoms with Crippen LogP contribution in [0.3, 0.4) is 0 Å². The van der Waals surface area contributed by atoms with Crippen molar-refractivity contribution in [1.29, 1.82) is 0 Å². The van der Waals surface area contributed by atoms with Crippen LogP contribution in [-0.4, -0.2) is 163 Å². The Hall–Kier alpha value is -0.670. The van der Waals surface area contributed by atoms with Gasteiger partial charge in [0.05, 0.1) is 19.8 Å². The zero-order chi connectivity index (χ0) is 25.3. The summed E-state index contributed by atoms with van der Waals surface area (Å²) in [5.74, 6) is 0. The summed E-state index contributed by atoms with van der Waals surface area (Å²) in [5, 5.41) is 98.5. The van der Waals surface area contributed by atoms with Gasteiger partial charge in [-0.2, -0.15) is 0 Å². The lowest BCUT2D eigenvalue weighted by molar-refractivity contribution is -0.360. The maximum Gasteiger partial charge on any atom is 0.192 e. The molecule has 34 heavy (non-hydrogen) atoms. The third kappa shape index (κ3) is 5.51. The lowest BCUT2D eigenvalue weighted by Crippen LogP contribution is -2.65. The Bertz CT molecular complexity index is 642. The summed E-state index contributed by atoms with van der Waals surface area (Å²) in [6, 6.07) is 0. The highest BCUT2D eigenvalue weighted by Gasteiger charge is 2.51. The minimum absolute atomic E-state index is 0.689. The van der Waals surface area contributed by atoms with Crippen LogP contribution in [0.5, 0.6) is 0 Å². The third-order valence-corrected chi connectivity index (χ3v) is 6.03. The fraction of sp³-hybridized carbons (Fsp3) is 1.00. The van der Waals surface area contributed by atoms with Crippen molar-refractivity contribution in [3.05, 3.63) is 0 Å². The van der Waals surface area contributed by atoms with Crippen LogP contribution in [0.25, 0.3) is 0 Å². The monoisotopic (exact) mass is 506 g/mol. The summed E-state index contributed by atoms with van der Waals surface area (Å²) in [6.07, 6.45) is -26.4. The van der Waals surface area contributed by atoms with E-state index in [0.717, 1.165) is 0 Å². The van der Waals surface area contributed by atoms with Gasteiger partial charge in [0.15, 0.2) is 25.0 Å². The molecule has 16 heteroatoms. The quantitative estimate of drug-likeness (QED) is 0.154. The second-order valence-corrected chi connectivity index (χ2v) is 8.33. The van der Waals surface area contributed by atoms with Gasteiger partial charge in [-0.1, -0.05) is 0 Å². The zero-order valence-electron chi connectivity index (χ0n) is 17.7. The van der Waals surface area contributed by atoms with E-state index < -0.39 is 112 Å². The van der Waals surface area contributed by atoms with E-state index in [1.807, 2.05) is 0 Å². The Morgan fingerprint density at radius 2 is 1.15 bits per heavy atom. The first kappa shape index (κ1) is 27.9. The maximum atomic E-state index is 14.3. The predicted octanol–water partition coefficient (Wildman–Crippen LogP) is -6.60. The van der Waals surface area contributed by atoms with Gasteiger partial charge in [0.2, 0.25) is 0 Å². The molecule has 15 atom stereocenters. The number of ether oxygens (including phenoxy) is 5. The average Bonchev–Trinajstić information content (AvgIpc) is 2.82. The number of alkyl halides is 1. The fourth-order valence-electron chi connectivity index (χ4n) is 3.92. The van der Waals surface area contributed by atoms with Crippen molar-refractivity contribution in [3.8, 4) is 0 Å². The fourth-order valence-corrected chi connectivity index (χ4v) is 3.92. The average molecular weight is 506 g/mol. The molecule has 0 unspecified atom stereocenters. The molecule has 3 fully saturated rings. The standard InChI is InChI=1S/C18H31FO15/c19-7-11(25)8(22)4(1-20)32-17(7)30-3-6-10(24)15(14(28)16(29)31-6)34-18-13(27)12(26)9(23)5(2-21)33-18/h4-18,20-29H,1-3H2/t4-,5-,6-,7+,8-,9-,10-,11-,12+,13+,14+,15+,16-,17+,18-/m1/s1. The minimum atomic E-state index is -2.24. The number of hydrogen-bond donors (Lipinski definition) is 10. The van der Waals surface area contributed by atoms with E-state index in [1.165, 1.54) is 0 Å². The Morgan fingerprint density at radius 3 is 1.74 bits per heavy atom. The van der Waals surface area contributed by atoms with Crippen LogP contribution in [0.1, 0.15) is 0 Å². The molecule has 10 N–H and O–H groups in total. The molecule has 0 spiro atoms. The molecule has 3 rings (SSSR count). The van der Waals surface area contributed by atoms with Crippen LogP contribution in [0.4, 0.5) is 4.39 Å². The van der Waals surface area contributed by atoms with Gasteiger partial charge in [-0.05, 0) is 0 Å². The van der Waals surface area contributed by atoms with Crippen molar-refractivity contribution in [2.24, 2.45) is 0 Å². The van der Waals surface area contributed by atoms with Gasteiger partial charge in [0.1, 0.15) is 67.1 Å². The van der Waals surface area contributed by atoms with Crippen molar-refractivity contribution in [3.63, 3.8) is 0 Å². The van der Waals surface area contributed by atoms with Gasteiger partial charge in [0.25, 0.3) is 0 Å². The first-order valence-corrected chi connectivity index (χ1v) is 10.6. The highest BCUT2D eigenvalue weighted by Crippen LogP contribution is 2.30. The van der Waals surface area contributed by atoms with Crippen LogP contribution in [0, 0.1) is 0 Å². The summed E-state index contributed by atoms with van der Waals surface area (Å²) < 4.78 is 40.0. The lowest BCUT2D eigenvalue weighted by Gasteiger charge is -2.45. The normalized spacial score (nSPS) is 52.5. The van der Waals surface area contributed by atoms with Crippen molar-refractivity contribution in [2.75, 3.05) is 19.8 Å². The zero-order valence-corrected chi connectivity index (χ0v) is 17.7. The molecule has 0 aromatic carbocycles. The van der Waals surface area contributed by atoms with E-state index in [9.17, 15) is 55.5 Å². The molecular formula is C18H31FO15. The van der Waals surface area contributed by atoms with Crippen molar-refractivity contribution in [1.82, 2.24) is 0 Å². The first-order chi connectivity index (χ1) is 16.0. The summed E-state index contributed by atoms with van der Waals surface area (Å²) >= 11 is 0. The van der Waals surface area contributed by atoms with Gasteiger partial charge in [-0.3, -0.25) is 0 Å². The minimum Gasteiger partial charge on any atom is -0.394 e. The van der Waals surface area contributed by atoms with Crippen molar-refractivity contribution in [2.45, 2.75) is 92.2 Å². The summed E-state index contributed by atoms with van der Waals surface area (Å²) in [4.78, 5) is 0. The lowest BCUT2D eigenvalue weighted by atomic mass is 9.97. The predicted molar refractivity (Wildman–Crippen MR) is 100 cm³/mol. The number of aliphatic hydroxyl groups excluding tert-OH is 10. The summed E-state index contributed by atoms with van der Waals surface area (Å²) in [6.45, 7) is -2.21. The molecule has 3 saturated heterocycles. The Morgan fingerprint density at radius 1 is 0.588 bits per heavy atom. The van der Waals surface area contributed by atoms with Crippen molar-refractivity contribution < 1.29 is 79.1 Å². The number of aliphatic hydroxyl groups is 10. The highest BCUT2D eigenvalue weighted by molar-refractivity contribution is 4.94. The van der Waals surface area contributed by atoms with Gasteiger partial charge in [-0.15, -0.1) is 0 Å². The second kappa shape index (κ2) is 11.6. The van der Waals surface area contributed by atoms with E-state index in [4.69, 9.17) is 23.7 Å². The molecule has 3 heterocycles. The highest BCUT2D eigenvalue weighted by atomic mass is 19.1. The molecule has 0 radical (unpaired) electrons.